The van der Waals surface area contributed by atoms with Crippen molar-refractivity contribution < 1.29 is 19.0 Å². The predicted molar refractivity (Wildman–Crippen MR) is 105 cm³/mol. The first-order valence-electron chi connectivity index (χ1n) is 9.02. The molecule has 144 valence electrons. The molecule has 3 rings (SSSR count). The summed E-state index contributed by atoms with van der Waals surface area (Å²) in [5, 5.41) is 0.623. The van der Waals surface area contributed by atoms with Gasteiger partial charge in [-0.25, -0.2) is 0 Å². The number of benzene rings is 2. The molecule has 0 bridgehead atoms. The van der Waals surface area contributed by atoms with Crippen molar-refractivity contribution in [3.8, 4) is 17.2 Å². The molecule has 0 atom stereocenters. The van der Waals surface area contributed by atoms with Gasteiger partial charge in [0.2, 0.25) is 0 Å². The van der Waals surface area contributed by atoms with Gasteiger partial charge in [0.05, 0.1) is 0 Å². The highest BCUT2D eigenvalue weighted by Gasteiger charge is 2.34. The Balaban J connectivity index is 1.76. The molecule has 0 radical (unpaired) electrons. The molecule has 0 N–H and O–H groups in total. The summed E-state index contributed by atoms with van der Waals surface area (Å²) in [5.41, 5.74) is -0.0968. The maximum atomic E-state index is 13.1. The van der Waals surface area contributed by atoms with Crippen LogP contribution in [0.5, 0.6) is 17.2 Å². The molecule has 0 aromatic heterocycles. The fraction of sp³-hybridized carbons (Fsp3) is 0.381. The lowest BCUT2D eigenvalue weighted by Crippen LogP contribution is -2.48. The van der Waals surface area contributed by atoms with Crippen LogP contribution < -0.4 is 14.2 Å². The Kier molecular flexibility index (Phi) is 5.80. The Morgan fingerprint density at radius 3 is 2.56 bits per heavy atom. The standard InChI is InChI=1S/C21H24ClNO4/c1-4-23(14-15-6-5-7-18-19(15)26-13-12-25-18)20(24)21(2,3)27-17-10-8-16(22)9-11-17/h5-11H,4,12-14H2,1-3H3. The van der Waals surface area contributed by atoms with Gasteiger partial charge in [0.25, 0.3) is 5.91 Å². The Bertz CT molecular complexity index is 804. The number of carbonyl (C=O) groups is 1. The van der Waals surface area contributed by atoms with Crippen molar-refractivity contribution in [2.45, 2.75) is 32.9 Å². The zero-order valence-electron chi connectivity index (χ0n) is 15.8. The summed E-state index contributed by atoms with van der Waals surface area (Å²) in [4.78, 5) is 14.9. The van der Waals surface area contributed by atoms with Gasteiger partial charge in [-0.2, -0.15) is 0 Å². The molecular weight excluding hydrogens is 366 g/mol. The number of halogens is 1. The highest BCUT2D eigenvalue weighted by Crippen LogP contribution is 2.34. The minimum atomic E-state index is -1.02. The summed E-state index contributed by atoms with van der Waals surface area (Å²) in [7, 11) is 0. The smallest absolute Gasteiger partial charge is 0.266 e. The van der Waals surface area contributed by atoms with Gasteiger partial charge in [0, 0.05) is 23.7 Å². The SMILES string of the molecule is CCN(Cc1cccc2c1OCCO2)C(=O)C(C)(C)Oc1ccc(Cl)cc1. The molecule has 0 saturated heterocycles. The van der Waals surface area contributed by atoms with Gasteiger partial charge in [0.15, 0.2) is 17.1 Å². The van der Waals surface area contributed by atoms with E-state index in [2.05, 4.69) is 0 Å². The van der Waals surface area contributed by atoms with Crippen LogP contribution in [0, 0.1) is 0 Å². The minimum absolute atomic E-state index is 0.103. The number of ether oxygens (including phenoxy) is 3. The first-order valence-corrected chi connectivity index (χ1v) is 9.40. The van der Waals surface area contributed by atoms with Crippen LogP contribution in [0.4, 0.5) is 0 Å². The van der Waals surface area contributed by atoms with Crippen LogP contribution in [0.25, 0.3) is 0 Å². The molecule has 27 heavy (non-hydrogen) atoms. The van der Waals surface area contributed by atoms with E-state index in [1.807, 2.05) is 25.1 Å². The third-order valence-electron chi connectivity index (χ3n) is 4.38. The second-order valence-electron chi connectivity index (χ2n) is 6.83. The summed E-state index contributed by atoms with van der Waals surface area (Å²) in [6.45, 7) is 7.51. The Morgan fingerprint density at radius 1 is 1.15 bits per heavy atom. The summed E-state index contributed by atoms with van der Waals surface area (Å²) in [5.74, 6) is 1.93. The van der Waals surface area contributed by atoms with Gasteiger partial charge in [-0.05, 0) is 51.1 Å². The molecule has 1 aliphatic rings. The second-order valence-corrected chi connectivity index (χ2v) is 7.26. The van der Waals surface area contributed by atoms with E-state index in [1.165, 1.54) is 0 Å². The molecule has 2 aromatic carbocycles. The van der Waals surface area contributed by atoms with Crippen molar-refractivity contribution in [3.63, 3.8) is 0 Å². The summed E-state index contributed by atoms with van der Waals surface area (Å²) in [6.07, 6.45) is 0. The number of nitrogens with zero attached hydrogens (tertiary/aromatic N) is 1. The fourth-order valence-electron chi connectivity index (χ4n) is 3.01. The normalized spacial score (nSPS) is 13.2. The number of carbonyl (C=O) groups excluding carboxylic acids is 1. The van der Waals surface area contributed by atoms with Crippen molar-refractivity contribution in [2.75, 3.05) is 19.8 Å². The largest absolute Gasteiger partial charge is 0.486 e. The first-order chi connectivity index (χ1) is 12.9. The molecule has 1 amide bonds. The number of hydrogen-bond donors (Lipinski definition) is 0. The maximum Gasteiger partial charge on any atom is 0.266 e. The van der Waals surface area contributed by atoms with E-state index >= 15 is 0 Å². The number of amides is 1. The first kappa shape index (κ1) is 19.4. The van der Waals surface area contributed by atoms with Gasteiger partial charge in [-0.3, -0.25) is 4.79 Å². The van der Waals surface area contributed by atoms with E-state index in [9.17, 15) is 4.79 Å². The molecule has 0 unspecified atom stereocenters. The molecule has 5 nitrogen and oxygen atoms in total. The van der Waals surface area contributed by atoms with Crippen molar-refractivity contribution >= 4 is 17.5 Å². The number of rotatable bonds is 6. The van der Waals surface area contributed by atoms with E-state index in [4.69, 9.17) is 25.8 Å². The lowest BCUT2D eigenvalue weighted by Gasteiger charge is -2.32. The van der Waals surface area contributed by atoms with Crippen LogP contribution in [0.2, 0.25) is 5.02 Å². The topological polar surface area (TPSA) is 48.0 Å². The van der Waals surface area contributed by atoms with E-state index in [0.717, 1.165) is 11.3 Å². The summed E-state index contributed by atoms with van der Waals surface area (Å²) in [6, 6.07) is 12.7. The quantitative estimate of drug-likeness (QED) is 0.738. The van der Waals surface area contributed by atoms with Crippen LogP contribution in [0.15, 0.2) is 42.5 Å². The van der Waals surface area contributed by atoms with Gasteiger partial charge in [-0.15, -0.1) is 0 Å². The van der Waals surface area contributed by atoms with E-state index in [-0.39, 0.29) is 5.91 Å². The third-order valence-corrected chi connectivity index (χ3v) is 4.63. The lowest BCUT2D eigenvalue weighted by atomic mass is 10.1. The van der Waals surface area contributed by atoms with E-state index in [1.54, 1.807) is 43.0 Å². The number of hydrogen-bond acceptors (Lipinski definition) is 4. The van der Waals surface area contributed by atoms with Crippen LogP contribution in [-0.2, 0) is 11.3 Å². The fourth-order valence-corrected chi connectivity index (χ4v) is 3.14. The van der Waals surface area contributed by atoms with Gasteiger partial charge in [-0.1, -0.05) is 23.7 Å². The van der Waals surface area contributed by atoms with Crippen LogP contribution in [-0.4, -0.2) is 36.2 Å². The Morgan fingerprint density at radius 2 is 1.85 bits per heavy atom. The average Bonchev–Trinajstić information content (AvgIpc) is 2.67. The van der Waals surface area contributed by atoms with E-state index < -0.39 is 5.60 Å². The summed E-state index contributed by atoms with van der Waals surface area (Å²) < 4.78 is 17.3. The summed E-state index contributed by atoms with van der Waals surface area (Å²) >= 11 is 5.91. The molecular formula is C21H24ClNO4. The highest BCUT2D eigenvalue weighted by atomic mass is 35.5. The lowest BCUT2D eigenvalue weighted by molar-refractivity contribution is -0.146. The second kappa shape index (κ2) is 8.09. The van der Waals surface area contributed by atoms with Crippen molar-refractivity contribution in [1.29, 1.82) is 0 Å². The molecule has 2 aromatic rings. The highest BCUT2D eigenvalue weighted by molar-refractivity contribution is 6.30. The molecule has 0 saturated carbocycles. The zero-order chi connectivity index (χ0) is 19.4. The molecule has 6 heteroatoms. The van der Waals surface area contributed by atoms with Crippen molar-refractivity contribution in [3.05, 3.63) is 53.1 Å². The Labute approximate surface area is 164 Å². The molecule has 0 aliphatic carbocycles. The van der Waals surface area contributed by atoms with Crippen molar-refractivity contribution in [1.82, 2.24) is 4.90 Å². The van der Waals surface area contributed by atoms with Crippen LogP contribution >= 0.6 is 11.6 Å². The molecule has 0 fully saturated rings. The average molecular weight is 390 g/mol. The number of likely N-dealkylation sites (N-methyl/N-ethyl adjacent to an activating group) is 1. The maximum absolute atomic E-state index is 13.1. The van der Waals surface area contributed by atoms with Gasteiger partial charge in [0.1, 0.15) is 19.0 Å². The van der Waals surface area contributed by atoms with Crippen LogP contribution in [0.1, 0.15) is 26.3 Å². The zero-order valence-corrected chi connectivity index (χ0v) is 16.6. The molecule has 0 spiro atoms. The minimum Gasteiger partial charge on any atom is -0.486 e. The number of fused-ring (bicyclic) bond motifs is 1. The third kappa shape index (κ3) is 4.48. The molecule has 1 heterocycles. The number of para-hydroxylation sites is 1. The predicted octanol–water partition coefficient (Wildman–Crippen LogP) is 4.32. The van der Waals surface area contributed by atoms with E-state index in [0.29, 0.717) is 42.8 Å². The van der Waals surface area contributed by atoms with Crippen LogP contribution in [0.3, 0.4) is 0 Å². The monoisotopic (exact) mass is 389 g/mol. The molecule has 1 aliphatic heterocycles. The Hall–Kier alpha value is -2.40. The van der Waals surface area contributed by atoms with Gasteiger partial charge >= 0.3 is 0 Å². The van der Waals surface area contributed by atoms with Gasteiger partial charge < -0.3 is 19.1 Å². The van der Waals surface area contributed by atoms with Crippen molar-refractivity contribution in [2.24, 2.45) is 0 Å².